The molecule has 0 atom stereocenters. The maximum absolute atomic E-state index is 12.8. The third kappa shape index (κ3) is 4.54. The molecule has 1 saturated heterocycles. The summed E-state index contributed by atoms with van der Waals surface area (Å²) in [5.74, 6) is 2.03. The van der Waals surface area contributed by atoms with Crippen LogP contribution in [0.15, 0.2) is 11.4 Å². The van der Waals surface area contributed by atoms with Gasteiger partial charge in [-0.1, -0.05) is 19.3 Å². The highest BCUT2D eigenvalue weighted by molar-refractivity contribution is 7.10. The number of hydrogen-bond donors (Lipinski definition) is 1. The number of rotatable bonds is 5. The number of carbonyl (C=O) groups is 2. The Hall–Kier alpha value is -2.22. The van der Waals surface area contributed by atoms with Crippen molar-refractivity contribution in [2.24, 2.45) is 13.0 Å². The van der Waals surface area contributed by atoms with Crippen molar-refractivity contribution >= 4 is 29.0 Å². The zero-order valence-electron chi connectivity index (χ0n) is 18.2. The minimum Gasteiger partial charge on any atom is -0.342 e. The molecule has 0 unspecified atom stereocenters. The topological polar surface area (TPSA) is 80.1 Å². The molecule has 2 aliphatic carbocycles. The highest BCUT2D eigenvalue weighted by Gasteiger charge is 2.31. The zero-order chi connectivity index (χ0) is 21.4. The molecule has 3 heterocycles. The fourth-order valence-corrected chi connectivity index (χ4v) is 5.87. The van der Waals surface area contributed by atoms with Crippen molar-refractivity contribution in [1.82, 2.24) is 19.7 Å². The van der Waals surface area contributed by atoms with Gasteiger partial charge in [-0.15, -0.1) is 11.3 Å². The van der Waals surface area contributed by atoms with E-state index >= 15 is 0 Å². The summed E-state index contributed by atoms with van der Waals surface area (Å²) in [7, 11) is 1.86. The third-order valence-electron chi connectivity index (χ3n) is 7.00. The molecule has 0 bridgehead atoms. The molecule has 2 amide bonds. The van der Waals surface area contributed by atoms with Crippen LogP contribution in [0.1, 0.15) is 90.8 Å². The van der Waals surface area contributed by atoms with E-state index in [-0.39, 0.29) is 11.8 Å². The van der Waals surface area contributed by atoms with Crippen LogP contribution in [-0.2, 0) is 11.8 Å². The first-order valence-corrected chi connectivity index (χ1v) is 12.6. The second kappa shape index (κ2) is 8.73. The summed E-state index contributed by atoms with van der Waals surface area (Å²) in [6, 6.07) is 1.97. The van der Waals surface area contributed by atoms with Crippen LogP contribution in [0, 0.1) is 5.92 Å². The van der Waals surface area contributed by atoms with E-state index in [1.165, 1.54) is 32.1 Å². The first kappa shape index (κ1) is 20.7. The lowest BCUT2D eigenvalue weighted by Gasteiger charge is -2.34. The van der Waals surface area contributed by atoms with Crippen LogP contribution in [0.4, 0.5) is 5.82 Å². The van der Waals surface area contributed by atoms with Crippen LogP contribution in [0.5, 0.6) is 0 Å². The van der Waals surface area contributed by atoms with Crippen molar-refractivity contribution in [3.8, 4) is 0 Å². The number of hydrogen-bond acceptors (Lipinski definition) is 5. The maximum atomic E-state index is 12.8. The normalized spacial score (nSPS) is 20.7. The molecule has 31 heavy (non-hydrogen) atoms. The summed E-state index contributed by atoms with van der Waals surface area (Å²) in [5.41, 5.74) is 1.53. The third-order valence-corrected chi connectivity index (χ3v) is 8.01. The molecule has 3 fully saturated rings. The van der Waals surface area contributed by atoms with Gasteiger partial charge in [-0.2, -0.15) is 5.10 Å². The zero-order valence-corrected chi connectivity index (χ0v) is 19.0. The minimum atomic E-state index is -0.183. The summed E-state index contributed by atoms with van der Waals surface area (Å²) < 4.78 is 1.73. The van der Waals surface area contributed by atoms with E-state index in [2.05, 4.69) is 20.3 Å². The van der Waals surface area contributed by atoms with Crippen LogP contribution in [0.2, 0.25) is 0 Å². The number of aryl methyl sites for hydroxylation is 1. The van der Waals surface area contributed by atoms with Crippen molar-refractivity contribution in [3.63, 3.8) is 0 Å². The molecular formula is C23H31N5O2S. The Kier molecular flexibility index (Phi) is 5.82. The van der Waals surface area contributed by atoms with Gasteiger partial charge in [0.25, 0.3) is 5.91 Å². The SMILES string of the molecule is Cn1nc(C2CC2)cc1NC(=O)c1csc(C2CCN(C(=O)C3CCCCC3)CC2)n1. The second-order valence-corrected chi connectivity index (χ2v) is 10.2. The Morgan fingerprint density at radius 1 is 1.03 bits per heavy atom. The summed E-state index contributed by atoms with van der Waals surface area (Å²) >= 11 is 1.56. The molecule has 0 aromatic carbocycles. The molecule has 3 aliphatic rings. The van der Waals surface area contributed by atoms with Crippen molar-refractivity contribution < 1.29 is 9.59 Å². The Bertz CT molecular complexity index is 949. The van der Waals surface area contributed by atoms with Gasteiger partial charge in [0.05, 0.1) is 10.7 Å². The van der Waals surface area contributed by atoms with Crippen molar-refractivity contribution in [2.75, 3.05) is 18.4 Å². The van der Waals surface area contributed by atoms with Crippen LogP contribution < -0.4 is 5.32 Å². The van der Waals surface area contributed by atoms with Crippen LogP contribution in [-0.4, -0.2) is 44.6 Å². The lowest BCUT2D eigenvalue weighted by Crippen LogP contribution is -2.41. The number of aromatic nitrogens is 3. The summed E-state index contributed by atoms with van der Waals surface area (Å²) in [6.07, 6.45) is 10.0. The molecule has 2 saturated carbocycles. The number of piperidine rings is 1. The number of thiazole rings is 1. The first-order valence-electron chi connectivity index (χ1n) is 11.7. The maximum Gasteiger partial charge on any atom is 0.276 e. The molecule has 1 aliphatic heterocycles. The molecule has 0 spiro atoms. The molecular weight excluding hydrogens is 410 g/mol. The highest BCUT2D eigenvalue weighted by atomic mass is 32.1. The first-order chi connectivity index (χ1) is 15.1. The lowest BCUT2D eigenvalue weighted by atomic mass is 9.87. The predicted molar refractivity (Wildman–Crippen MR) is 120 cm³/mol. The largest absolute Gasteiger partial charge is 0.342 e. The van der Waals surface area contributed by atoms with E-state index in [0.29, 0.717) is 23.4 Å². The van der Waals surface area contributed by atoms with Gasteiger partial charge in [-0.05, 0) is 38.5 Å². The summed E-state index contributed by atoms with van der Waals surface area (Å²) in [6.45, 7) is 1.61. The number of likely N-dealkylation sites (tertiary alicyclic amines) is 1. The second-order valence-electron chi connectivity index (χ2n) is 9.31. The van der Waals surface area contributed by atoms with E-state index in [1.54, 1.807) is 16.0 Å². The Morgan fingerprint density at radius 3 is 2.48 bits per heavy atom. The minimum absolute atomic E-state index is 0.183. The lowest BCUT2D eigenvalue weighted by molar-refractivity contribution is -0.137. The molecule has 0 radical (unpaired) electrons. The van der Waals surface area contributed by atoms with Gasteiger partial charge in [0, 0.05) is 49.3 Å². The van der Waals surface area contributed by atoms with E-state index in [1.807, 2.05) is 18.5 Å². The number of amides is 2. The van der Waals surface area contributed by atoms with E-state index in [9.17, 15) is 9.59 Å². The summed E-state index contributed by atoms with van der Waals surface area (Å²) in [5, 5.41) is 10.3. The Balaban J connectivity index is 1.16. The standard InChI is InChI=1S/C23H31N5O2S/c1-27-20(13-18(26-27)15-7-8-15)25-21(29)19-14-31-22(24-19)16-9-11-28(12-10-16)23(30)17-5-3-2-4-6-17/h13-17H,2-12H2,1H3,(H,25,29). The van der Waals surface area contributed by atoms with E-state index in [4.69, 9.17) is 0 Å². The van der Waals surface area contributed by atoms with E-state index < -0.39 is 0 Å². The van der Waals surface area contributed by atoms with Crippen molar-refractivity contribution in [2.45, 2.75) is 69.6 Å². The van der Waals surface area contributed by atoms with Crippen LogP contribution >= 0.6 is 11.3 Å². The molecule has 1 N–H and O–H groups in total. The molecule has 2 aromatic heterocycles. The van der Waals surface area contributed by atoms with Gasteiger partial charge < -0.3 is 10.2 Å². The average Bonchev–Trinajstić information content (AvgIpc) is 3.42. The van der Waals surface area contributed by atoms with Gasteiger partial charge in [-0.25, -0.2) is 4.98 Å². The molecule has 166 valence electrons. The van der Waals surface area contributed by atoms with E-state index in [0.717, 1.165) is 55.3 Å². The van der Waals surface area contributed by atoms with Gasteiger partial charge in [0.1, 0.15) is 11.5 Å². The van der Waals surface area contributed by atoms with Gasteiger partial charge in [0.15, 0.2) is 0 Å². The number of carbonyl (C=O) groups excluding carboxylic acids is 2. The van der Waals surface area contributed by atoms with Gasteiger partial charge in [0.2, 0.25) is 5.91 Å². The smallest absolute Gasteiger partial charge is 0.276 e. The molecule has 2 aromatic rings. The van der Waals surface area contributed by atoms with Crippen molar-refractivity contribution in [3.05, 3.63) is 27.8 Å². The van der Waals surface area contributed by atoms with Gasteiger partial charge >= 0.3 is 0 Å². The summed E-state index contributed by atoms with van der Waals surface area (Å²) in [4.78, 5) is 32.2. The molecule has 5 rings (SSSR count). The van der Waals surface area contributed by atoms with Crippen LogP contribution in [0.3, 0.4) is 0 Å². The number of anilines is 1. The molecule has 7 nitrogen and oxygen atoms in total. The predicted octanol–water partition coefficient (Wildman–Crippen LogP) is 4.29. The highest BCUT2D eigenvalue weighted by Crippen LogP contribution is 2.40. The van der Waals surface area contributed by atoms with Crippen molar-refractivity contribution in [1.29, 1.82) is 0 Å². The van der Waals surface area contributed by atoms with Crippen LogP contribution in [0.25, 0.3) is 0 Å². The monoisotopic (exact) mass is 441 g/mol. The fourth-order valence-electron chi connectivity index (χ4n) is 4.90. The Labute approximate surface area is 187 Å². The molecule has 8 heteroatoms. The Morgan fingerprint density at radius 2 is 1.77 bits per heavy atom. The average molecular weight is 442 g/mol. The quantitative estimate of drug-likeness (QED) is 0.750. The van der Waals surface area contributed by atoms with Gasteiger partial charge in [-0.3, -0.25) is 14.3 Å². The number of nitrogens with zero attached hydrogens (tertiary/aromatic N) is 4. The fraction of sp³-hybridized carbons (Fsp3) is 0.652. The number of nitrogens with one attached hydrogen (secondary N) is 1.